The third-order valence-electron chi connectivity index (χ3n) is 3.09. The third kappa shape index (κ3) is 5.23. The van der Waals surface area contributed by atoms with Gasteiger partial charge < -0.3 is 14.6 Å². The number of nitrogens with zero attached hydrogens (tertiary/aromatic N) is 1. The van der Waals surface area contributed by atoms with Gasteiger partial charge in [0.1, 0.15) is 0 Å². The van der Waals surface area contributed by atoms with Crippen LogP contribution >= 0.6 is 0 Å². The summed E-state index contributed by atoms with van der Waals surface area (Å²) in [5, 5.41) is 3.62. The molecule has 0 aliphatic rings. The zero-order valence-corrected chi connectivity index (χ0v) is 12.1. The van der Waals surface area contributed by atoms with Crippen molar-refractivity contribution in [1.82, 2.24) is 9.88 Å². The van der Waals surface area contributed by atoms with Crippen LogP contribution in [0.15, 0.2) is 18.5 Å². The Bertz CT molecular complexity index is 309. The molecule has 0 aliphatic carbocycles. The molecular formula is C15H28N2O. The number of aromatic nitrogens is 1. The summed E-state index contributed by atoms with van der Waals surface area (Å²) in [4.78, 5) is 0. The lowest BCUT2D eigenvalue weighted by molar-refractivity contribution is 0.139. The van der Waals surface area contributed by atoms with Crippen molar-refractivity contribution in [2.45, 2.75) is 52.6 Å². The van der Waals surface area contributed by atoms with E-state index in [-0.39, 0.29) is 0 Å². The summed E-state index contributed by atoms with van der Waals surface area (Å²) in [6, 6.07) is 2.73. The molecule has 0 bridgehead atoms. The molecule has 0 amide bonds. The summed E-state index contributed by atoms with van der Waals surface area (Å²) >= 11 is 0. The Kier molecular flexibility index (Phi) is 7.78. The van der Waals surface area contributed by atoms with Crippen LogP contribution in [0.25, 0.3) is 0 Å². The first-order valence-corrected chi connectivity index (χ1v) is 7.28. The molecule has 0 radical (unpaired) electrons. The molecule has 0 spiro atoms. The first-order chi connectivity index (χ1) is 8.81. The van der Waals surface area contributed by atoms with Crippen molar-refractivity contribution in [3.8, 4) is 0 Å². The quantitative estimate of drug-likeness (QED) is 0.646. The molecule has 0 saturated carbocycles. The van der Waals surface area contributed by atoms with Crippen LogP contribution in [0.5, 0.6) is 0 Å². The molecule has 3 nitrogen and oxygen atoms in total. The molecule has 0 fully saturated rings. The lowest BCUT2D eigenvalue weighted by Crippen LogP contribution is -2.21. The van der Waals surface area contributed by atoms with E-state index in [4.69, 9.17) is 4.74 Å². The van der Waals surface area contributed by atoms with Crippen molar-refractivity contribution in [2.75, 3.05) is 19.8 Å². The summed E-state index contributed by atoms with van der Waals surface area (Å²) in [6.07, 6.45) is 8.01. The molecule has 3 heteroatoms. The van der Waals surface area contributed by atoms with Gasteiger partial charge in [0, 0.05) is 31.6 Å². The summed E-state index contributed by atoms with van der Waals surface area (Å²) in [5.41, 5.74) is 1.40. The fraction of sp³-hybridized carbons (Fsp3) is 0.733. The van der Waals surface area contributed by atoms with Crippen molar-refractivity contribution in [3.63, 3.8) is 0 Å². The average Bonchev–Trinajstić information content (AvgIpc) is 2.83. The standard InChI is InChI=1S/C15H28N2O/c1-4-7-15(16-9-5-2)14-8-10-17(13-14)11-12-18-6-3/h8,10,13,15-16H,4-7,9,11-12H2,1-3H3. The van der Waals surface area contributed by atoms with Gasteiger partial charge >= 0.3 is 0 Å². The van der Waals surface area contributed by atoms with Crippen LogP contribution in [0.1, 0.15) is 51.6 Å². The number of ether oxygens (including phenoxy) is 1. The highest BCUT2D eigenvalue weighted by Crippen LogP contribution is 2.18. The topological polar surface area (TPSA) is 26.2 Å². The van der Waals surface area contributed by atoms with E-state index in [1.807, 2.05) is 6.92 Å². The Morgan fingerprint density at radius 1 is 1.28 bits per heavy atom. The summed E-state index contributed by atoms with van der Waals surface area (Å²) in [6.45, 7) is 10.1. The number of rotatable bonds is 10. The average molecular weight is 252 g/mol. The molecule has 0 aliphatic heterocycles. The Balaban J connectivity index is 2.50. The van der Waals surface area contributed by atoms with Crippen LogP contribution in [0.2, 0.25) is 0 Å². The molecule has 18 heavy (non-hydrogen) atoms. The van der Waals surface area contributed by atoms with Gasteiger partial charge in [0.2, 0.25) is 0 Å². The lowest BCUT2D eigenvalue weighted by atomic mass is 10.1. The predicted octanol–water partition coefficient (Wildman–Crippen LogP) is 3.37. The monoisotopic (exact) mass is 252 g/mol. The zero-order valence-electron chi connectivity index (χ0n) is 12.1. The molecule has 104 valence electrons. The largest absolute Gasteiger partial charge is 0.380 e. The van der Waals surface area contributed by atoms with Crippen molar-refractivity contribution in [3.05, 3.63) is 24.0 Å². The van der Waals surface area contributed by atoms with Crippen LogP contribution in [0.3, 0.4) is 0 Å². The van der Waals surface area contributed by atoms with Gasteiger partial charge in [0.05, 0.1) is 6.61 Å². The molecular weight excluding hydrogens is 224 g/mol. The van der Waals surface area contributed by atoms with E-state index in [0.29, 0.717) is 6.04 Å². The smallest absolute Gasteiger partial charge is 0.0645 e. The van der Waals surface area contributed by atoms with E-state index >= 15 is 0 Å². The van der Waals surface area contributed by atoms with Gasteiger partial charge in [-0.2, -0.15) is 0 Å². The van der Waals surface area contributed by atoms with Crippen LogP contribution in [0.4, 0.5) is 0 Å². The minimum absolute atomic E-state index is 0.503. The minimum Gasteiger partial charge on any atom is -0.380 e. The summed E-state index contributed by atoms with van der Waals surface area (Å²) in [7, 11) is 0. The van der Waals surface area contributed by atoms with Crippen LogP contribution in [0, 0.1) is 0 Å². The minimum atomic E-state index is 0.503. The highest BCUT2D eigenvalue weighted by Gasteiger charge is 2.10. The molecule has 1 aromatic heterocycles. The molecule has 1 N–H and O–H groups in total. The molecule has 0 aromatic carbocycles. The molecule has 1 rings (SSSR count). The van der Waals surface area contributed by atoms with Crippen molar-refractivity contribution < 1.29 is 4.74 Å². The predicted molar refractivity (Wildman–Crippen MR) is 76.9 cm³/mol. The van der Waals surface area contributed by atoms with E-state index in [1.165, 1.54) is 24.8 Å². The second-order valence-corrected chi connectivity index (χ2v) is 4.67. The Labute approximate surface area is 112 Å². The lowest BCUT2D eigenvalue weighted by Gasteiger charge is -2.16. The number of hydrogen-bond acceptors (Lipinski definition) is 2. The number of hydrogen-bond donors (Lipinski definition) is 1. The van der Waals surface area contributed by atoms with Gasteiger partial charge in [-0.25, -0.2) is 0 Å². The Morgan fingerprint density at radius 3 is 2.78 bits per heavy atom. The first kappa shape index (κ1) is 15.3. The third-order valence-corrected chi connectivity index (χ3v) is 3.09. The van der Waals surface area contributed by atoms with Crippen LogP contribution in [-0.2, 0) is 11.3 Å². The second kappa shape index (κ2) is 9.17. The SMILES string of the molecule is CCCNC(CCC)c1ccn(CCOCC)c1. The van der Waals surface area contributed by atoms with Gasteiger partial charge in [-0.3, -0.25) is 0 Å². The van der Waals surface area contributed by atoms with E-state index in [9.17, 15) is 0 Å². The summed E-state index contributed by atoms with van der Waals surface area (Å²) < 4.78 is 7.61. The van der Waals surface area contributed by atoms with Gasteiger partial charge in [-0.1, -0.05) is 20.3 Å². The maximum absolute atomic E-state index is 5.38. The molecule has 1 heterocycles. The Hall–Kier alpha value is -0.800. The highest BCUT2D eigenvalue weighted by atomic mass is 16.5. The van der Waals surface area contributed by atoms with Gasteiger partial charge in [0.15, 0.2) is 0 Å². The second-order valence-electron chi connectivity index (χ2n) is 4.67. The normalized spacial score (nSPS) is 12.8. The van der Waals surface area contributed by atoms with E-state index in [0.717, 1.165) is 26.3 Å². The summed E-state index contributed by atoms with van der Waals surface area (Å²) in [5.74, 6) is 0. The van der Waals surface area contributed by atoms with Crippen molar-refractivity contribution >= 4 is 0 Å². The molecule has 1 atom stereocenters. The zero-order chi connectivity index (χ0) is 13.2. The van der Waals surface area contributed by atoms with E-state index in [2.05, 4.69) is 42.2 Å². The number of nitrogens with one attached hydrogen (secondary N) is 1. The van der Waals surface area contributed by atoms with Crippen LogP contribution in [-0.4, -0.2) is 24.3 Å². The first-order valence-electron chi connectivity index (χ1n) is 7.28. The van der Waals surface area contributed by atoms with E-state index < -0.39 is 0 Å². The molecule has 1 aromatic rings. The maximum atomic E-state index is 5.38. The fourth-order valence-corrected chi connectivity index (χ4v) is 2.11. The van der Waals surface area contributed by atoms with Gasteiger partial charge in [0.25, 0.3) is 0 Å². The van der Waals surface area contributed by atoms with Gasteiger partial charge in [-0.05, 0) is 37.9 Å². The van der Waals surface area contributed by atoms with E-state index in [1.54, 1.807) is 0 Å². The van der Waals surface area contributed by atoms with Crippen LogP contribution < -0.4 is 5.32 Å². The van der Waals surface area contributed by atoms with Gasteiger partial charge in [-0.15, -0.1) is 0 Å². The fourth-order valence-electron chi connectivity index (χ4n) is 2.11. The Morgan fingerprint density at radius 2 is 2.11 bits per heavy atom. The highest BCUT2D eigenvalue weighted by molar-refractivity contribution is 5.15. The molecule has 0 saturated heterocycles. The maximum Gasteiger partial charge on any atom is 0.0645 e. The molecule has 1 unspecified atom stereocenters. The van der Waals surface area contributed by atoms with Crippen molar-refractivity contribution in [2.24, 2.45) is 0 Å². The van der Waals surface area contributed by atoms with Crippen molar-refractivity contribution in [1.29, 1.82) is 0 Å².